The lowest BCUT2D eigenvalue weighted by atomic mass is 9.99. The molecule has 2 amide bonds. The van der Waals surface area contributed by atoms with Gasteiger partial charge in [0.05, 0.1) is 11.6 Å². The first-order valence-electron chi connectivity index (χ1n) is 9.28. The molecule has 1 aromatic heterocycles. The second-order valence-corrected chi connectivity index (χ2v) is 7.05. The number of nitrogens with zero attached hydrogens (tertiary/aromatic N) is 2. The highest BCUT2D eigenvalue weighted by Crippen LogP contribution is 2.23. The lowest BCUT2D eigenvalue weighted by Gasteiger charge is -2.22. The van der Waals surface area contributed by atoms with Crippen LogP contribution >= 0.6 is 0 Å². The normalized spacial score (nSPS) is 12.9. The molecule has 3 rings (SSSR count). The van der Waals surface area contributed by atoms with E-state index in [1.54, 1.807) is 17.9 Å². The Bertz CT molecular complexity index is 1010. The summed E-state index contributed by atoms with van der Waals surface area (Å²) >= 11 is 0. The number of rotatable bonds is 7. The highest BCUT2D eigenvalue weighted by atomic mass is 16.3. The lowest BCUT2D eigenvalue weighted by molar-refractivity contribution is -0.127. The van der Waals surface area contributed by atoms with Crippen molar-refractivity contribution in [3.8, 4) is 11.3 Å². The van der Waals surface area contributed by atoms with Crippen molar-refractivity contribution < 1.29 is 14.7 Å². The Morgan fingerprint density at radius 1 is 1.17 bits per heavy atom. The molecule has 0 aliphatic heterocycles. The molecule has 29 heavy (non-hydrogen) atoms. The Morgan fingerprint density at radius 2 is 1.90 bits per heavy atom. The standard InChI is InChI=1S/C22H24N4O3/c1-14-7-6-10-16(11-14)19-17(13-26(2)25-19)22(29)24-18(20(27)21(23)28)12-15-8-4-3-5-9-15/h3-11,13,18,20,27H,12H2,1-2H3,(H2,23,28)(H,24,29). The Balaban J connectivity index is 1.89. The van der Waals surface area contributed by atoms with E-state index in [0.717, 1.165) is 16.7 Å². The number of aryl methyl sites for hydroxylation is 2. The number of aliphatic hydroxyl groups is 1. The summed E-state index contributed by atoms with van der Waals surface area (Å²) in [7, 11) is 1.73. The molecule has 0 fully saturated rings. The van der Waals surface area contributed by atoms with Gasteiger partial charge >= 0.3 is 0 Å². The maximum Gasteiger partial charge on any atom is 0.255 e. The smallest absolute Gasteiger partial charge is 0.255 e. The van der Waals surface area contributed by atoms with Crippen molar-refractivity contribution in [3.05, 3.63) is 77.5 Å². The average Bonchev–Trinajstić information content (AvgIpc) is 3.09. The molecular weight excluding hydrogens is 368 g/mol. The van der Waals surface area contributed by atoms with Crippen LogP contribution in [0, 0.1) is 6.92 Å². The number of carbonyl (C=O) groups excluding carboxylic acids is 2. The molecule has 2 unspecified atom stereocenters. The molecule has 0 radical (unpaired) electrons. The molecule has 7 nitrogen and oxygen atoms in total. The summed E-state index contributed by atoms with van der Waals surface area (Å²) in [6.45, 7) is 1.96. The molecule has 150 valence electrons. The van der Waals surface area contributed by atoms with Crippen LogP contribution in [0.3, 0.4) is 0 Å². The second-order valence-electron chi connectivity index (χ2n) is 7.05. The van der Waals surface area contributed by atoms with Crippen LogP contribution in [-0.2, 0) is 18.3 Å². The molecule has 0 saturated heterocycles. The monoisotopic (exact) mass is 392 g/mol. The van der Waals surface area contributed by atoms with E-state index >= 15 is 0 Å². The van der Waals surface area contributed by atoms with Gasteiger partial charge in [-0.25, -0.2) is 0 Å². The maximum absolute atomic E-state index is 13.0. The minimum absolute atomic E-state index is 0.261. The van der Waals surface area contributed by atoms with Gasteiger partial charge in [-0.1, -0.05) is 54.1 Å². The van der Waals surface area contributed by atoms with Gasteiger partial charge < -0.3 is 16.2 Å². The lowest BCUT2D eigenvalue weighted by Crippen LogP contribution is -2.50. The quantitative estimate of drug-likeness (QED) is 0.567. The van der Waals surface area contributed by atoms with Crippen LogP contribution in [0.25, 0.3) is 11.3 Å². The molecule has 0 bridgehead atoms. The summed E-state index contributed by atoms with van der Waals surface area (Å²) in [5.74, 6) is -1.33. The Labute approximate surface area is 169 Å². The topological polar surface area (TPSA) is 110 Å². The largest absolute Gasteiger partial charge is 0.381 e. The van der Waals surface area contributed by atoms with Crippen molar-refractivity contribution in [2.75, 3.05) is 0 Å². The zero-order valence-electron chi connectivity index (χ0n) is 16.4. The zero-order valence-corrected chi connectivity index (χ0v) is 16.4. The fourth-order valence-corrected chi connectivity index (χ4v) is 3.21. The van der Waals surface area contributed by atoms with Crippen LogP contribution in [0.1, 0.15) is 21.5 Å². The molecule has 0 saturated carbocycles. The zero-order chi connectivity index (χ0) is 21.0. The molecule has 7 heteroatoms. The first-order chi connectivity index (χ1) is 13.8. The summed E-state index contributed by atoms with van der Waals surface area (Å²) < 4.78 is 1.56. The van der Waals surface area contributed by atoms with Crippen molar-refractivity contribution in [2.45, 2.75) is 25.5 Å². The van der Waals surface area contributed by atoms with Gasteiger partial charge in [-0.05, 0) is 25.0 Å². The van der Waals surface area contributed by atoms with E-state index in [2.05, 4.69) is 10.4 Å². The average molecular weight is 392 g/mol. The van der Waals surface area contributed by atoms with Gasteiger partial charge in [-0.2, -0.15) is 5.10 Å². The molecule has 0 aliphatic carbocycles. The third-order valence-corrected chi connectivity index (χ3v) is 4.65. The third-order valence-electron chi connectivity index (χ3n) is 4.65. The Hall–Kier alpha value is -3.45. The van der Waals surface area contributed by atoms with Crippen molar-refractivity contribution in [1.82, 2.24) is 15.1 Å². The van der Waals surface area contributed by atoms with E-state index in [9.17, 15) is 14.7 Å². The van der Waals surface area contributed by atoms with Crippen LogP contribution in [0.2, 0.25) is 0 Å². The SMILES string of the molecule is Cc1cccc(-c2nn(C)cc2C(=O)NC(Cc2ccccc2)C(O)C(N)=O)c1. The van der Waals surface area contributed by atoms with Crippen molar-refractivity contribution in [3.63, 3.8) is 0 Å². The molecule has 0 aliphatic rings. The highest BCUT2D eigenvalue weighted by molar-refractivity contribution is 6.00. The van der Waals surface area contributed by atoms with E-state index in [1.165, 1.54) is 0 Å². The Kier molecular flexibility index (Phi) is 6.09. The number of nitrogens with two attached hydrogens (primary N) is 1. The van der Waals surface area contributed by atoms with Crippen LogP contribution < -0.4 is 11.1 Å². The summed E-state index contributed by atoms with van der Waals surface area (Å²) in [6, 6.07) is 16.1. The van der Waals surface area contributed by atoms with E-state index < -0.39 is 24.0 Å². The van der Waals surface area contributed by atoms with E-state index in [-0.39, 0.29) is 6.42 Å². The maximum atomic E-state index is 13.0. The van der Waals surface area contributed by atoms with Crippen LogP contribution in [-0.4, -0.2) is 38.8 Å². The second kappa shape index (κ2) is 8.70. The Morgan fingerprint density at radius 3 is 2.55 bits per heavy atom. The third kappa shape index (κ3) is 4.89. The predicted molar refractivity (Wildman–Crippen MR) is 110 cm³/mol. The molecule has 2 aromatic carbocycles. The van der Waals surface area contributed by atoms with Gasteiger partial charge in [-0.3, -0.25) is 14.3 Å². The summed E-state index contributed by atoms with van der Waals surface area (Å²) in [4.78, 5) is 24.6. The number of hydrogen-bond acceptors (Lipinski definition) is 4. The summed E-state index contributed by atoms with van der Waals surface area (Å²) in [5, 5.41) is 17.4. The van der Waals surface area contributed by atoms with Crippen molar-refractivity contribution in [2.24, 2.45) is 12.8 Å². The number of carbonyl (C=O) groups is 2. The minimum Gasteiger partial charge on any atom is -0.381 e. The number of primary amides is 1. The van der Waals surface area contributed by atoms with E-state index in [1.807, 2.05) is 61.5 Å². The van der Waals surface area contributed by atoms with Gasteiger partial charge in [0.1, 0.15) is 5.69 Å². The number of nitrogens with one attached hydrogen (secondary N) is 1. The fraction of sp³-hybridized carbons (Fsp3) is 0.227. The van der Waals surface area contributed by atoms with Gasteiger partial charge in [0.15, 0.2) is 6.10 Å². The first kappa shape index (κ1) is 20.3. The summed E-state index contributed by atoms with van der Waals surface area (Å²) in [5.41, 5.74) is 8.89. The molecular formula is C22H24N4O3. The van der Waals surface area contributed by atoms with E-state index in [0.29, 0.717) is 11.3 Å². The highest BCUT2D eigenvalue weighted by Gasteiger charge is 2.28. The molecule has 0 spiro atoms. The van der Waals surface area contributed by atoms with Gasteiger partial charge in [0.25, 0.3) is 5.91 Å². The number of aromatic nitrogens is 2. The number of amides is 2. The predicted octanol–water partition coefficient (Wildman–Crippen LogP) is 1.58. The molecule has 2 atom stereocenters. The number of benzene rings is 2. The molecule has 4 N–H and O–H groups in total. The number of aliphatic hydroxyl groups excluding tert-OH is 1. The molecule has 1 heterocycles. The van der Waals surface area contributed by atoms with Gasteiger partial charge in [0.2, 0.25) is 5.91 Å². The van der Waals surface area contributed by atoms with E-state index in [4.69, 9.17) is 5.73 Å². The van der Waals surface area contributed by atoms with Crippen molar-refractivity contribution >= 4 is 11.8 Å². The summed E-state index contributed by atoms with van der Waals surface area (Å²) in [6.07, 6.45) is 0.359. The van der Waals surface area contributed by atoms with Crippen LogP contribution in [0.4, 0.5) is 0 Å². The number of hydrogen-bond donors (Lipinski definition) is 3. The van der Waals surface area contributed by atoms with Crippen molar-refractivity contribution in [1.29, 1.82) is 0 Å². The minimum atomic E-state index is -1.52. The van der Waals surface area contributed by atoms with Crippen LogP contribution in [0.5, 0.6) is 0 Å². The van der Waals surface area contributed by atoms with Crippen LogP contribution in [0.15, 0.2) is 60.8 Å². The van der Waals surface area contributed by atoms with Gasteiger partial charge in [-0.15, -0.1) is 0 Å². The molecule has 3 aromatic rings. The fourth-order valence-electron chi connectivity index (χ4n) is 3.21. The first-order valence-corrected chi connectivity index (χ1v) is 9.28. The van der Waals surface area contributed by atoms with Gasteiger partial charge in [0, 0.05) is 18.8 Å².